The lowest BCUT2D eigenvalue weighted by Gasteiger charge is -2.09. The average Bonchev–Trinajstić information content (AvgIpc) is 2.61. The van der Waals surface area contributed by atoms with Gasteiger partial charge in [-0.25, -0.2) is 4.39 Å². The molecule has 0 bridgehead atoms. The maximum absolute atomic E-state index is 14.3. The van der Waals surface area contributed by atoms with Crippen LogP contribution in [-0.4, -0.2) is 6.18 Å². The number of halogens is 5. The number of hydrogen-bond donors (Lipinski definition) is 0. The van der Waals surface area contributed by atoms with Gasteiger partial charge in [0.1, 0.15) is 5.82 Å². The summed E-state index contributed by atoms with van der Waals surface area (Å²) in [6.45, 7) is 2.11. The third-order valence-electron chi connectivity index (χ3n) is 4.18. The Morgan fingerprint density at radius 3 is 2.26 bits per heavy atom. The molecule has 0 fully saturated rings. The second-order valence-electron chi connectivity index (χ2n) is 6.18. The number of benzene rings is 3. The lowest BCUT2D eigenvalue weighted by Crippen LogP contribution is -2.02. The van der Waals surface area contributed by atoms with Gasteiger partial charge in [0.05, 0.1) is 10.6 Å². The average molecular weight is 391 g/mol. The summed E-state index contributed by atoms with van der Waals surface area (Å²) in [5.41, 5.74) is 2.63. The van der Waals surface area contributed by atoms with Crippen molar-refractivity contribution in [2.24, 2.45) is 0 Å². The summed E-state index contributed by atoms with van der Waals surface area (Å²) in [6, 6.07) is 14.5. The highest BCUT2D eigenvalue weighted by molar-refractivity contribution is 6.36. The second-order valence-corrected chi connectivity index (χ2v) is 6.56. The van der Waals surface area contributed by atoms with E-state index >= 15 is 0 Å². The van der Waals surface area contributed by atoms with Gasteiger partial charge in [-0.05, 0) is 40.6 Å². The van der Waals surface area contributed by atoms with Crippen LogP contribution in [-0.2, 0) is 6.42 Å². The van der Waals surface area contributed by atoms with Crippen molar-refractivity contribution in [3.63, 3.8) is 0 Å². The fraction of sp³-hybridized carbons (Fsp3) is 0.182. The first-order chi connectivity index (χ1) is 12.8. The summed E-state index contributed by atoms with van der Waals surface area (Å²) in [5.74, 6) is 1.98. The molecule has 0 aliphatic carbocycles. The highest BCUT2D eigenvalue weighted by Gasteiger charge is 2.23. The van der Waals surface area contributed by atoms with Crippen LogP contribution in [0.4, 0.5) is 17.6 Å². The highest BCUT2D eigenvalue weighted by atomic mass is 35.5. The molecule has 0 nitrogen and oxygen atoms in total. The second kappa shape index (κ2) is 7.62. The number of rotatable bonds is 3. The number of alkyl halides is 3. The molecule has 0 radical (unpaired) electrons. The summed E-state index contributed by atoms with van der Waals surface area (Å²) in [7, 11) is 0. The Kier molecular flexibility index (Phi) is 5.43. The Balaban J connectivity index is 2.04. The third kappa shape index (κ3) is 4.43. The number of fused-ring (bicyclic) bond motifs is 1. The first-order valence-corrected chi connectivity index (χ1v) is 8.77. The molecule has 0 N–H and O–H groups in total. The summed E-state index contributed by atoms with van der Waals surface area (Å²) in [6.07, 6.45) is -2.65. The van der Waals surface area contributed by atoms with Crippen LogP contribution in [0.1, 0.15) is 24.5 Å². The standard InChI is InChI=1S/C22H15ClF4/c1-2-3-14-4-6-15(7-5-14)16-8-9-18-17(12-16)13-20(24)19(21(18)23)10-11-22(25,26)27/h4-9,12-13H,2-3H2,1H3. The van der Waals surface area contributed by atoms with Crippen molar-refractivity contribution >= 4 is 22.4 Å². The van der Waals surface area contributed by atoms with E-state index in [9.17, 15) is 17.6 Å². The van der Waals surface area contributed by atoms with Crippen LogP contribution in [0.5, 0.6) is 0 Å². The largest absolute Gasteiger partial charge is 0.458 e. The number of aryl methyl sites for hydroxylation is 1. The minimum atomic E-state index is -4.71. The van der Waals surface area contributed by atoms with Crippen LogP contribution < -0.4 is 0 Å². The zero-order valence-corrected chi connectivity index (χ0v) is 15.2. The molecule has 0 aliphatic heterocycles. The topological polar surface area (TPSA) is 0 Å². The predicted octanol–water partition coefficient (Wildman–Crippen LogP) is 7.17. The van der Waals surface area contributed by atoms with Crippen LogP contribution in [0.3, 0.4) is 0 Å². The van der Waals surface area contributed by atoms with Gasteiger partial charge < -0.3 is 0 Å². The van der Waals surface area contributed by atoms with Crippen LogP contribution >= 0.6 is 11.6 Å². The molecule has 5 heteroatoms. The number of hydrogen-bond acceptors (Lipinski definition) is 0. The molecule has 0 spiro atoms. The molecule has 0 aliphatic rings. The Morgan fingerprint density at radius 1 is 0.963 bits per heavy atom. The third-order valence-corrected chi connectivity index (χ3v) is 4.58. The lowest BCUT2D eigenvalue weighted by atomic mass is 9.98. The van der Waals surface area contributed by atoms with E-state index < -0.39 is 17.6 Å². The fourth-order valence-electron chi connectivity index (χ4n) is 2.91. The molecule has 0 amide bonds. The minimum Gasteiger partial charge on any atom is -0.206 e. The van der Waals surface area contributed by atoms with Crippen molar-refractivity contribution < 1.29 is 17.6 Å². The van der Waals surface area contributed by atoms with E-state index in [1.807, 2.05) is 30.3 Å². The zero-order valence-electron chi connectivity index (χ0n) is 14.4. The van der Waals surface area contributed by atoms with Gasteiger partial charge in [0.2, 0.25) is 0 Å². The van der Waals surface area contributed by atoms with Gasteiger partial charge in [-0.1, -0.05) is 67.3 Å². The quantitative estimate of drug-likeness (QED) is 0.328. The van der Waals surface area contributed by atoms with Crippen molar-refractivity contribution in [1.82, 2.24) is 0 Å². The Bertz CT molecular complexity index is 1040. The van der Waals surface area contributed by atoms with Gasteiger partial charge in [0, 0.05) is 11.3 Å². The SMILES string of the molecule is CCCc1ccc(-c2ccc3c(Cl)c(C#CC(F)(F)F)c(F)cc3c2)cc1. The zero-order chi connectivity index (χ0) is 19.6. The Labute approximate surface area is 159 Å². The monoisotopic (exact) mass is 390 g/mol. The van der Waals surface area contributed by atoms with E-state index in [0.29, 0.717) is 10.8 Å². The van der Waals surface area contributed by atoms with Gasteiger partial charge in [-0.3, -0.25) is 0 Å². The molecule has 0 saturated carbocycles. The maximum Gasteiger partial charge on any atom is 0.458 e. The van der Waals surface area contributed by atoms with Crippen LogP contribution in [0.2, 0.25) is 5.02 Å². The summed E-state index contributed by atoms with van der Waals surface area (Å²) < 4.78 is 51.2. The van der Waals surface area contributed by atoms with Crippen LogP contribution in [0, 0.1) is 17.7 Å². The molecule has 3 rings (SSSR count). The van der Waals surface area contributed by atoms with E-state index in [2.05, 4.69) is 6.92 Å². The predicted molar refractivity (Wildman–Crippen MR) is 101 cm³/mol. The Hall–Kier alpha value is -2.51. The summed E-state index contributed by atoms with van der Waals surface area (Å²) in [5, 5.41) is 0.840. The molecule has 0 aromatic heterocycles. The van der Waals surface area contributed by atoms with Crippen molar-refractivity contribution in [2.45, 2.75) is 25.9 Å². The normalized spacial score (nSPS) is 11.3. The summed E-state index contributed by atoms with van der Waals surface area (Å²) >= 11 is 6.12. The van der Waals surface area contributed by atoms with Crippen LogP contribution in [0.25, 0.3) is 21.9 Å². The molecule has 27 heavy (non-hydrogen) atoms. The van der Waals surface area contributed by atoms with Crippen molar-refractivity contribution in [3.05, 3.63) is 70.5 Å². The van der Waals surface area contributed by atoms with Gasteiger partial charge in [0.25, 0.3) is 0 Å². The molecule has 138 valence electrons. The van der Waals surface area contributed by atoms with E-state index in [0.717, 1.165) is 36.0 Å². The van der Waals surface area contributed by atoms with Gasteiger partial charge in [0.15, 0.2) is 0 Å². The lowest BCUT2D eigenvalue weighted by molar-refractivity contribution is -0.0696. The first-order valence-electron chi connectivity index (χ1n) is 8.39. The fourth-order valence-corrected chi connectivity index (χ4v) is 3.22. The molecular weight excluding hydrogens is 376 g/mol. The van der Waals surface area contributed by atoms with E-state index in [1.54, 1.807) is 18.1 Å². The first kappa shape index (κ1) is 19.3. The van der Waals surface area contributed by atoms with Crippen molar-refractivity contribution in [2.75, 3.05) is 0 Å². The van der Waals surface area contributed by atoms with E-state index in [-0.39, 0.29) is 5.02 Å². The summed E-state index contributed by atoms with van der Waals surface area (Å²) in [4.78, 5) is 0. The molecule has 3 aromatic rings. The molecule has 0 saturated heterocycles. The molecule has 0 heterocycles. The van der Waals surface area contributed by atoms with E-state index in [1.165, 1.54) is 5.56 Å². The van der Waals surface area contributed by atoms with Gasteiger partial charge in [-0.15, -0.1) is 0 Å². The molecule has 0 unspecified atom stereocenters. The molecule has 3 aromatic carbocycles. The van der Waals surface area contributed by atoms with E-state index in [4.69, 9.17) is 11.6 Å². The van der Waals surface area contributed by atoms with Gasteiger partial charge >= 0.3 is 6.18 Å². The smallest absolute Gasteiger partial charge is 0.206 e. The minimum absolute atomic E-state index is 0.119. The maximum atomic E-state index is 14.3. The molecule has 0 atom stereocenters. The van der Waals surface area contributed by atoms with Crippen LogP contribution in [0.15, 0.2) is 48.5 Å². The molecular formula is C22H15ClF4. The Morgan fingerprint density at radius 2 is 1.63 bits per heavy atom. The highest BCUT2D eigenvalue weighted by Crippen LogP contribution is 2.33. The van der Waals surface area contributed by atoms with Crippen molar-refractivity contribution in [3.8, 4) is 23.0 Å². The van der Waals surface area contributed by atoms with Crippen molar-refractivity contribution in [1.29, 1.82) is 0 Å². The van der Waals surface area contributed by atoms with Gasteiger partial charge in [-0.2, -0.15) is 13.2 Å².